The molecule has 1 aliphatic carbocycles. The summed E-state index contributed by atoms with van der Waals surface area (Å²) < 4.78 is 27.2. The smallest absolute Gasteiger partial charge is 0.226 e. The molecular weight excluding hydrogens is 288 g/mol. The molecule has 4 atom stereocenters. The molecule has 3 rings (SSSR count). The van der Waals surface area contributed by atoms with Crippen LogP contribution in [0.15, 0.2) is 18.2 Å². The first kappa shape index (κ1) is 15.4. The highest BCUT2D eigenvalue weighted by atomic mass is 19.2. The Morgan fingerprint density at radius 2 is 2.14 bits per heavy atom. The lowest BCUT2D eigenvalue weighted by atomic mass is 9.97. The minimum Gasteiger partial charge on any atom is -0.391 e. The molecule has 1 aromatic carbocycles. The zero-order valence-corrected chi connectivity index (χ0v) is 12.6. The van der Waals surface area contributed by atoms with Gasteiger partial charge in [-0.05, 0) is 50.2 Å². The van der Waals surface area contributed by atoms with E-state index in [0.29, 0.717) is 18.5 Å². The summed E-state index contributed by atoms with van der Waals surface area (Å²) in [5, 5.41) is 9.86. The molecule has 1 aromatic rings. The summed E-state index contributed by atoms with van der Waals surface area (Å²) in [5.74, 6) is -2.25. The third-order valence-corrected chi connectivity index (χ3v) is 4.88. The SMILES string of the molecule is CC(O)C1CCCCN1C(=O)C1CC1c1cccc(F)c1F. The summed E-state index contributed by atoms with van der Waals surface area (Å²) in [6.07, 6.45) is 2.73. The maximum absolute atomic E-state index is 13.8. The van der Waals surface area contributed by atoms with Gasteiger partial charge in [-0.3, -0.25) is 4.79 Å². The molecule has 2 fully saturated rings. The number of carbonyl (C=O) groups is 1. The van der Waals surface area contributed by atoms with E-state index in [1.54, 1.807) is 17.9 Å². The Bertz CT molecular complexity index is 576. The standard InChI is InChI=1S/C17H21F2NO2/c1-10(21)15-7-2-3-8-20(15)17(22)13-9-12(13)11-5-4-6-14(18)16(11)19/h4-6,10,12-13,15,21H,2-3,7-9H2,1H3. The van der Waals surface area contributed by atoms with Crippen LogP contribution < -0.4 is 0 Å². The van der Waals surface area contributed by atoms with E-state index in [-0.39, 0.29) is 23.8 Å². The molecule has 1 saturated carbocycles. The van der Waals surface area contributed by atoms with Crippen LogP contribution in [0.4, 0.5) is 8.78 Å². The molecule has 1 amide bonds. The minimum atomic E-state index is -0.865. The molecule has 1 aliphatic heterocycles. The Morgan fingerprint density at radius 3 is 2.86 bits per heavy atom. The van der Waals surface area contributed by atoms with Gasteiger partial charge in [0.05, 0.1) is 12.1 Å². The van der Waals surface area contributed by atoms with Gasteiger partial charge in [0.2, 0.25) is 5.91 Å². The molecule has 1 saturated heterocycles. The molecule has 2 aliphatic rings. The molecule has 4 unspecified atom stereocenters. The topological polar surface area (TPSA) is 40.5 Å². The molecule has 120 valence electrons. The quantitative estimate of drug-likeness (QED) is 0.933. The van der Waals surface area contributed by atoms with Gasteiger partial charge in [-0.15, -0.1) is 0 Å². The number of aliphatic hydroxyl groups excluding tert-OH is 1. The minimum absolute atomic E-state index is 0.0285. The fraction of sp³-hybridized carbons (Fsp3) is 0.588. The lowest BCUT2D eigenvalue weighted by Gasteiger charge is -2.37. The average Bonchev–Trinajstić information content (AvgIpc) is 3.29. The van der Waals surface area contributed by atoms with Crippen LogP contribution in [0.1, 0.15) is 44.1 Å². The van der Waals surface area contributed by atoms with Gasteiger partial charge in [-0.25, -0.2) is 8.78 Å². The van der Waals surface area contributed by atoms with Crippen LogP contribution in [0.25, 0.3) is 0 Å². The van der Waals surface area contributed by atoms with Crippen LogP contribution in [0.2, 0.25) is 0 Å². The molecule has 22 heavy (non-hydrogen) atoms. The largest absolute Gasteiger partial charge is 0.391 e. The van der Waals surface area contributed by atoms with Crippen LogP contribution in [-0.2, 0) is 4.79 Å². The highest BCUT2D eigenvalue weighted by Gasteiger charge is 2.48. The summed E-state index contributed by atoms with van der Waals surface area (Å²) in [7, 11) is 0. The number of aliphatic hydroxyl groups is 1. The Morgan fingerprint density at radius 1 is 1.36 bits per heavy atom. The second-order valence-corrected chi connectivity index (χ2v) is 6.43. The van der Waals surface area contributed by atoms with Gasteiger partial charge in [0.1, 0.15) is 0 Å². The van der Waals surface area contributed by atoms with Gasteiger partial charge in [-0.1, -0.05) is 12.1 Å². The molecule has 3 nitrogen and oxygen atoms in total. The second kappa shape index (κ2) is 5.95. The summed E-state index contributed by atoms with van der Waals surface area (Å²) in [4.78, 5) is 14.4. The van der Waals surface area contributed by atoms with Gasteiger partial charge in [0.15, 0.2) is 11.6 Å². The van der Waals surface area contributed by atoms with Crippen molar-refractivity contribution >= 4 is 5.91 Å². The van der Waals surface area contributed by atoms with Gasteiger partial charge in [0.25, 0.3) is 0 Å². The number of hydrogen-bond acceptors (Lipinski definition) is 2. The summed E-state index contributed by atoms with van der Waals surface area (Å²) in [5.41, 5.74) is 0.295. The van der Waals surface area contributed by atoms with E-state index < -0.39 is 17.7 Å². The predicted octanol–water partition coefficient (Wildman–Crippen LogP) is 2.83. The highest BCUT2D eigenvalue weighted by molar-refractivity contribution is 5.83. The van der Waals surface area contributed by atoms with Crippen molar-refractivity contribution in [2.45, 2.75) is 50.7 Å². The van der Waals surface area contributed by atoms with E-state index >= 15 is 0 Å². The third kappa shape index (κ3) is 2.74. The number of nitrogens with zero attached hydrogens (tertiary/aromatic N) is 1. The number of piperidine rings is 1. The number of halogens is 2. The zero-order chi connectivity index (χ0) is 15.9. The van der Waals surface area contributed by atoms with Crippen molar-refractivity contribution in [2.75, 3.05) is 6.54 Å². The molecule has 0 spiro atoms. The number of rotatable bonds is 3. The van der Waals surface area contributed by atoms with Gasteiger partial charge < -0.3 is 10.0 Å². The number of carbonyl (C=O) groups excluding carboxylic acids is 1. The number of hydrogen-bond donors (Lipinski definition) is 1. The van der Waals surface area contributed by atoms with Crippen LogP contribution in [0, 0.1) is 17.6 Å². The van der Waals surface area contributed by atoms with E-state index in [1.807, 2.05) is 0 Å². The lowest BCUT2D eigenvalue weighted by Crippen LogP contribution is -2.49. The Hall–Kier alpha value is -1.49. The highest BCUT2D eigenvalue weighted by Crippen LogP contribution is 2.50. The van der Waals surface area contributed by atoms with E-state index in [1.165, 1.54) is 6.07 Å². The fourth-order valence-corrected chi connectivity index (χ4v) is 3.56. The van der Waals surface area contributed by atoms with E-state index in [2.05, 4.69) is 0 Å². The predicted molar refractivity (Wildman–Crippen MR) is 78.2 cm³/mol. The zero-order valence-electron chi connectivity index (χ0n) is 12.6. The molecule has 1 heterocycles. The number of amides is 1. The van der Waals surface area contributed by atoms with Crippen molar-refractivity contribution in [2.24, 2.45) is 5.92 Å². The first-order valence-electron chi connectivity index (χ1n) is 7.93. The normalized spacial score (nSPS) is 29.3. The van der Waals surface area contributed by atoms with Crippen LogP contribution in [-0.4, -0.2) is 34.6 Å². The number of benzene rings is 1. The first-order chi connectivity index (χ1) is 10.5. The van der Waals surface area contributed by atoms with Crippen molar-refractivity contribution in [1.29, 1.82) is 0 Å². The molecular formula is C17H21F2NO2. The van der Waals surface area contributed by atoms with E-state index in [0.717, 1.165) is 25.3 Å². The Balaban J connectivity index is 1.73. The molecule has 5 heteroatoms. The van der Waals surface area contributed by atoms with Crippen molar-refractivity contribution in [3.05, 3.63) is 35.4 Å². The Kier molecular flexibility index (Phi) is 4.17. The maximum Gasteiger partial charge on any atom is 0.226 e. The van der Waals surface area contributed by atoms with Crippen molar-refractivity contribution in [3.8, 4) is 0 Å². The summed E-state index contributed by atoms with van der Waals surface area (Å²) in [6, 6.07) is 3.97. The molecule has 0 bridgehead atoms. The van der Waals surface area contributed by atoms with Gasteiger partial charge in [-0.2, -0.15) is 0 Å². The Labute approximate surface area is 128 Å². The lowest BCUT2D eigenvalue weighted by molar-refractivity contribution is -0.139. The van der Waals surface area contributed by atoms with Crippen molar-refractivity contribution in [3.63, 3.8) is 0 Å². The van der Waals surface area contributed by atoms with Crippen LogP contribution >= 0.6 is 0 Å². The first-order valence-corrected chi connectivity index (χ1v) is 7.93. The number of likely N-dealkylation sites (tertiary alicyclic amines) is 1. The van der Waals surface area contributed by atoms with Crippen LogP contribution in [0.3, 0.4) is 0 Å². The summed E-state index contributed by atoms with van der Waals surface area (Å²) in [6.45, 7) is 2.34. The maximum atomic E-state index is 13.8. The average molecular weight is 309 g/mol. The monoisotopic (exact) mass is 309 g/mol. The van der Waals surface area contributed by atoms with Crippen molar-refractivity contribution < 1.29 is 18.7 Å². The third-order valence-electron chi connectivity index (χ3n) is 4.88. The molecule has 1 N–H and O–H groups in total. The van der Waals surface area contributed by atoms with Gasteiger partial charge in [0, 0.05) is 12.5 Å². The van der Waals surface area contributed by atoms with E-state index in [9.17, 15) is 18.7 Å². The molecule has 0 aromatic heterocycles. The van der Waals surface area contributed by atoms with Crippen molar-refractivity contribution in [1.82, 2.24) is 4.90 Å². The van der Waals surface area contributed by atoms with Gasteiger partial charge >= 0.3 is 0 Å². The molecule has 0 radical (unpaired) electrons. The summed E-state index contributed by atoms with van der Waals surface area (Å²) >= 11 is 0. The van der Waals surface area contributed by atoms with Crippen LogP contribution in [0.5, 0.6) is 0 Å². The van der Waals surface area contributed by atoms with E-state index in [4.69, 9.17) is 0 Å². The second-order valence-electron chi connectivity index (χ2n) is 6.43. The fourth-order valence-electron chi connectivity index (χ4n) is 3.56.